The number of rotatable bonds is 11. The first-order valence-corrected chi connectivity index (χ1v) is 10.5. The van der Waals surface area contributed by atoms with Crippen LogP contribution in [0.25, 0.3) is 0 Å². The number of carbonyl (C=O) groups is 1. The van der Waals surface area contributed by atoms with Crippen molar-refractivity contribution in [3.8, 4) is 0 Å². The molecule has 1 N–H and O–H groups in total. The fraction of sp³-hybridized carbons (Fsp3) is 0.682. The van der Waals surface area contributed by atoms with Crippen molar-refractivity contribution in [2.75, 3.05) is 13.2 Å². The maximum Gasteiger partial charge on any atom is 0.305 e. The van der Waals surface area contributed by atoms with Crippen molar-refractivity contribution in [2.24, 2.45) is 5.92 Å². The molecule has 0 bridgehead atoms. The van der Waals surface area contributed by atoms with Crippen LogP contribution < -0.4 is 5.32 Å². The molecule has 0 amide bonds. The molecular formula is C22H34ClNO2. The molecule has 1 aromatic rings. The Morgan fingerprint density at radius 1 is 1.23 bits per heavy atom. The molecule has 0 spiro atoms. The Morgan fingerprint density at radius 2 is 1.92 bits per heavy atom. The molecule has 1 aliphatic rings. The molecule has 1 aliphatic carbocycles. The van der Waals surface area contributed by atoms with Crippen LogP contribution >= 0.6 is 11.6 Å². The third kappa shape index (κ3) is 5.72. The van der Waals surface area contributed by atoms with Gasteiger partial charge in [-0.15, -0.1) is 0 Å². The third-order valence-electron chi connectivity index (χ3n) is 5.54. The Kier molecular flexibility index (Phi) is 8.43. The first kappa shape index (κ1) is 21.2. The highest BCUT2D eigenvalue weighted by atomic mass is 35.5. The van der Waals surface area contributed by atoms with E-state index in [1.807, 2.05) is 19.1 Å². The molecule has 4 heteroatoms. The maximum atomic E-state index is 11.5. The van der Waals surface area contributed by atoms with Gasteiger partial charge in [-0.05, 0) is 69.2 Å². The molecule has 1 atom stereocenters. The van der Waals surface area contributed by atoms with Gasteiger partial charge < -0.3 is 10.1 Å². The topological polar surface area (TPSA) is 38.3 Å². The predicted octanol–water partition coefficient (Wildman–Crippen LogP) is 5.50. The summed E-state index contributed by atoms with van der Waals surface area (Å²) in [5, 5.41) is 4.63. The van der Waals surface area contributed by atoms with Gasteiger partial charge in [0.05, 0.1) is 6.61 Å². The summed E-state index contributed by atoms with van der Waals surface area (Å²) in [6, 6.07) is 8.92. The second-order valence-electron chi connectivity index (χ2n) is 7.91. The van der Waals surface area contributed by atoms with E-state index in [9.17, 15) is 4.79 Å². The van der Waals surface area contributed by atoms with Crippen LogP contribution in [0, 0.1) is 5.92 Å². The number of nitrogens with one attached hydrogen (secondary N) is 1. The average molecular weight is 380 g/mol. The van der Waals surface area contributed by atoms with Crippen molar-refractivity contribution in [1.29, 1.82) is 0 Å². The Bertz CT molecular complexity index is 552. The molecule has 3 nitrogen and oxygen atoms in total. The highest BCUT2D eigenvalue weighted by Crippen LogP contribution is 2.48. The van der Waals surface area contributed by atoms with Gasteiger partial charge in [0.15, 0.2) is 0 Å². The molecule has 1 fully saturated rings. The summed E-state index contributed by atoms with van der Waals surface area (Å²) >= 11 is 6.10. The zero-order chi connectivity index (χ0) is 19.0. The quantitative estimate of drug-likeness (QED) is 0.407. The van der Waals surface area contributed by atoms with E-state index in [0.717, 1.165) is 24.4 Å². The van der Waals surface area contributed by atoms with Crippen molar-refractivity contribution in [2.45, 2.75) is 77.2 Å². The third-order valence-corrected chi connectivity index (χ3v) is 5.79. The lowest BCUT2D eigenvalue weighted by atomic mass is 9.59. The Labute approximate surface area is 163 Å². The van der Waals surface area contributed by atoms with Crippen molar-refractivity contribution in [3.05, 3.63) is 34.9 Å². The van der Waals surface area contributed by atoms with Gasteiger partial charge in [0.1, 0.15) is 0 Å². The predicted molar refractivity (Wildman–Crippen MR) is 109 cm³/mol. The SMILES string of the molecule is CCOC(=O)CCCCNC(CC(C)C)C1(c2ccc(Cl)cc2)CCC1. The molecule has 0 saturated heterocycles. The van der Waals surface area contributed by atoms with Gasteiger partial charge in [-0.25, -0.2) is 0 Å². The second kappa shape index (κ2) is 10.3. The number of unbranched alkanes of at least 4 members (excludes halogenated alkanes) is 1. The normalized spacial score (nSPS) is 17.0. The van der Waals surface area contributed by atoms with E-state index in [1.165, 1.54) is 31.2 Å². The van der Waals surface area contributed by atoms with Crippen LogP contribution in [0.3, 0.4) is 0 Å². The summed E-state index contributed by atoms with van der Waals surface area (Å²) in [5.41, 5.74) is 1.65. The van der Waals surface area contributed by atoms with Crippen LogP contribution in [-0.2, 0) is 14.9 Å². The maximum absolute atomic E-state index is 11.5. The summed E-state index contributed by atoms with van der Waals surface area (Å²) in [6.45, 7) is 7.86. The molecule has 1 saturated carbocycles. The van der Waals surface area contributed by atoms with Gasteiger partial charge >= 0.3 is 5.97 Å². The number of ether oxygens (including phenoxy) is 1. The molecule has 0 heterocycles. The van der Waals surface area contributed by atoms with Gasteiger partial charge in [0.25, 0.3) is 0 Å². The largest absolute Gasteiger partial charge is 0.466 e. The van der Waals surface area contributed by atoms with Crippen LogP contribution in [0.15, 0.2) is 24.3 Å². The van der Waals surface area contributed by atoms with Crippen LogP contribution in [0.2, 0.25) is 5.02 Å². The van der Waals surface area contributed by atoms with Crippen molar-refractivity contribution in [3.63, 3.8) is 0 Å². The van der Waals surface area contributed by atoms with E-state index in [4.69, 9.17) is 16.3 Å². The summed E-state index contributed by atoms with van der Waals surface area (Å²) in [4.78, 5) is 11.5. The Balaban J connectivity index is 1.95. The molecule has 0 radical (unpaired) electrons. The Morgan fingerprint density at radius 3 is 2.46 bits per heavy atom. The van der Waals surface area contributed by atoms with Crippen LogP contribution in [0.5, 0.6) is 0 Å². The van der Waals surface area contributed by atoms with Crippen molar-refractivity contribution < 1.29 is 9.53 Å². The van der Waals surface area contributed by atoms with Gasteiger partial charge in [-0.3, -0.25) is 4.79 Å². The van der Waals surface area contributed by atoms with Crippen molar-refractivity contribution in [1.82, 2.24) is 5.32 Å². The lowest BCUT2D eigenvalue weighted by Gasteiger charge is -2.49. The van der Waals surface area contributed by atoms with Gasteiger partial charge in [0.2, 0.25) is 0 Å². The minimum Gasteiger partial charge on any atom is -0.466 e. The molecule has 1 unspecified atom stereocenters. The molecule has 2 rings (SSSR count). The lowest BCUT2D eigenvalue weighted by Crippen LogP contribution is -2.53. The molecule has 1 aromatic carbocycles. The molecular weight excluding hydrogens is 346 g/mol. The number of hydrogen-bond acceptors (Lipinski definition) is 3. The monoisotopic (exact) mass is 379 g/mol. The van der Waals surface area contributed by atoms with Crippen molar-refractivity contribution >= 4 is 17.6 Å². The van der Waals surface area contributed by atoms with E-state index in [-0.39, 0.29) is 11.4 Å². The number of halogens is 1. The summed E-state index contributed by atoms with van der Waals surface area (Å²) in [5.74, 6) is 0.569. The Hall–Kier alpha value is -1.06. The molecule has 146 valence electrons. The van der Waals surface area contributed by atoms with E-state index in [2.05, 4.69) is 31.3 Å². The zero-order valence-corrected chi connectivity index (χ0v) is 17.3. The van der Waals surface area contributed by atoms with Gasteiger partial charge in [-0.2, -0.15) is 0 Å². The van der Waals surface area contributed by atoms with Gasteiger partial charge in [0, 0.05) is 22.9 Å². The summed E-state index contributed by atoms with van der Waals surface area (Å²) in [7, 11) is 0. The fourth-order valence-corrected chi connectivity index (χ4v) is 4.18. The van der Waals surface area contributed by atoms with Gasteiger partial charge in [-0.1, -0.05) is 44.0 Å². The van der Waals surface area contributed by atoms with Crippen LogP contribution in [0.1, 0.15) is 71.3 Å². The van der Waals surface area contributed by atoms with E-state index in [1.54, 1.807) is 0 Å². The van der Waals surface area contributed by atoms with E-state index in [0.29, 0.717) is 25.0 Å². The zero-order valence-electron chi connectivity index (χ0n) is 16.5. The number of esters is 1. The van der Waals surface area contributed by atoms with Crippen LogP contribution in [0.4, 0.5) is 0 Å². The lowest BCUT2D eigenvalue weighted by molar-refractivity contribution is -0.143. The second-order valence-corrected chi connectivity index (χ2v) is 8.35. The minimum atomic E-state index is -0.0807. The number of benzene rings is 1. The highest BCUT2D eigenvalue weighted by Gasteiger charge is 2.45. The fourth-order valence-electron chi connectivity index (χ4n) is 4.06. The first-order chi connectivity index (χ1) is 12.5. The number of carbonyl (C=O) groups excluding carboxylic acids is 1. The molecule has 26 heavy (non-hydrogen) atoms. The summed E-state index contributed by atoms with van der Waals surface area (Å²) < 4.78 is 5.00. The summed E-state index contributed by atoms with van der Waals surface area (Å²) in [6.07, 6.45) is 7.34. The standard InChI is InChI=1S/C22H34ClNO2/c1-4-26-21(25)8-5-6-15-24-20(16-17(2)3)22(13-7-14-22)18-9-11-19(23)12-10-18/h9-12,17,20,24H,4-8,13-16H2,1-3H3. The van der Waals surface area contributed by atoms with E-state index < -0.39 is 0 Å². The number of hydrogen-bond donors (Lipinski definition) is 1. The highest BCUT2D eigenvalue weighted by molar-refractivity contribution is 6.30. The molecule has 0 aromatic heterocycles. The average Bonchev–Trinajstić information content (AvgIpc) is 2.54. The van der Waals surface area contributed by atoms with E-state index >= 15 is 0 Å². The minimum absolute atomic E-state index is 0.0807. The van der Waals surface area contributed by atoms with Crippen LogP contribution in [-0.4, -0.2) is 25.2 Å². The first-order valence-electron chi connectivity index (χ1n) is 10.1. The molecule has 0 aliphatic heterocycles. The smallest absolute Gasteiger partial charge is 0.305 e.